The molecule has 0 saturated heterocycles. The van der Waals surface area contributed by atoms with Crippen molar-refractivity contribution in [1.82, 2.24) is 9.78 Å². The van der Waals surface area contributed by atoms with E-state index in [0.717, 1.165) is 0 Å². The highest BCUT2D eigenvalue weighted by Gasteiger charge is 2.16. The third-order valence-corrected chi connectivity index (χ3v) is 2.59. The number of fused-ring (bicyclic) bond motifs is 1. The van der Waals surface area contributed by atoms with Crippen LogP contribution in [0.25, 0.3) is 0 Å². The van der Waals surface area contributed by atoms with Crippen molar-refractivity contribution in [3.8, 4) is 11.5 Å². The van der Waals surface area contributed by atoms with Gasteiger partial charge in [0, 0.05) is 24.9 Å². The summed E-state index contributed by atoms with van der Waals surface area (Å²) < 4.78 is 12.0. The van der Waals surface area contributed by atoms with E-state index >= 15 is 0 Å². The van der Waals surface area contributed by atoms with Gasteiger partial charge in [0.15, 0.2) is 17.3 Å². The van der Waals surface area contributed by atoms with Crippen LogP contribution in [-0.4, -0.2) is 22.5 Å². The average Bonchev–Trinajstić information content (AvgIpc) is 2.96. The molecule has 0 radical (unpaired) electrons. The maximum Gasteiger partial charge on any atom is 0.257 e. The summed E-state index contributed by atoms with van der Waals surface area (Å²) in [6.07, 6.45) is 1.76. The van der Waals surface area contributed by atoms with Gasteiger partial charge < -0.3 is 14.8 Å². The zero-order valence-corrected chi connectivity index (χ0v) is 9.71. The predicted molar refractivity (Wildman–Crippen MR) is 63.7 cm³/mol. The molecule has 1 aliphatic rings. The number of aromatic nitrogens is 2. The minimum absolute atomic E-state index is 0.195. The number of carbonyl (C=O) groups excluding carboxylic acids is 1. The Morgan fingerprint density at radius 3 is 2.94 bits per heavy atom. The first kappa shape index (κ1) is 10.6. The normalized spacial score (nSPS) is 12.5. The summed E-state index contributed by atoms with van der Waals surface area (Å²) >= 11 is 0. The van der Waals surface area contributed by atoms with E-state index in [2.05, 4.69) is 10.4 Å². The molecular formula is C12H11N3O3. The van der Waals surface area contributed by atoms with E-state index in [1.165, 1.54) is 0 Å². The van der Waals surface area contributed by atoms with Gasteiger partial charge in [0.2, 0.25) is 6.79 Å². The first-order valence-electron chi connectivity index (χ1n) is 5.43. The van der Waals surface area contributed by atoms with Gasteiger partial charge in [-0.3, -0.25) is 9.48 Å². The predicted octanol–water partition coefficient (Wildman–Crippen LogP) is 1.40. The van der Waals surface area contributed by atoms with Crippen molar-refractivity contribution in [2.75, 3.05) is 12.1 Å². The fourth-order valence-electron chi connectivity index (χ4n) is 1.71. The van der Waals surface area contributed by atoms with E-state index in [4.69, 9.17) is 9.47 Å². The van der Waals surface area contributed by atoms with Crippen molar-refractivity contribution in [3.63, 3.8) is 0 Å². The van der Waals surface area contributed by atoms with E-state index in [1.807, 2.05) is 0 Å². The molecule has 0 aliphatic carbocycles. The molecular weight excluding hydrogens is 234 g/mol. The summed E-state index contributed by atoms with van der Waals surface area (Å²) in [5, 5.41) is 6.78. The van der Waals surface area contributed by atoms with Crippen LogP contribution in [0.4, 0.5) is 5.82 Å². The highest BCUT2D eigenvalue weighted by atomic mass is 16.7. The molecule has 0 bridgehead atoms. The molecule has 1 aromatic carbocycles. The number of ether oxygens (including phenoxy) is 2. The van der Waals surface area contributed by atoms with Crippen molar-refractivity contribution in [2.45, 2.75) is 0 Å². The van der Waals surface area contributed by atoms with Crippen LogP contribution in [0.1, 0.15) is 10.4 Å². The Morgan fingerprint density at radius 1 is 1.33 bits per heavy atom. The smallest absolute Gasteiger partial charge is 0.257 e. The average molecular weight is 245 g/mol. The van der Waals surface area contributed by atoms with Crippen LogP contribution in [0.2, 0.25) is 0 Å². The van der Waals surface area contributed by atoms with Gasteiger partial charge in [0.1, 0.15) is 0 Å². The molecule has 0 spiro atoms. The molecule has 6 heteroatoms. The molecule has 1 aliphatic heterocycles. The number of hydrogen-bond donors (Lipinski definition) is 1. The highest BCUT2D eigenvalue weighted by molar-refractivity contribution is 6.04. The van der Waals surface area contributed by atoms with Gasteiger partial charge in [-0.15, -0.1) is 0 Å². The number of aryl methyl sites for hydroxylation is 1. The fraction of sp³-hybridized carbons (Fsp3) is 0.167. The molecule has 0 atom stereocenters. The van der Waals surface area contributed by atoms with Crippen LogP contribution in [0, 0.1) is 0 Å². The van der Waals surface area contributed by atoms with Crippen LogP contribution in [0.15, 0.2) is 30.5 Å². The number of hydrogen-bond acceptors (Lipinski definition) is 4. The summed E-state index contributed by atoms with van der Waals surface area (Å²) in [6, 6.07) is 6.78. The van der Waals surface area contributed by atoms with Crippen molar-refractivity contribution < 1.29 is 14.3 Å². The van der Waals surface area contributed by atoms with Crippen molar-refractivity contribution in [3.05, 3.63) is 36.0 Å². The monoisotopic (exact) mass is 245 g/mol. The molecule has 1 amide bonds. The van der Waals surface area contributed by atoms with E-state index in [-0.39, 0.29) is 12.7 Å². The topological polar surface area (TPSA) is 65.4 Å². The number of nitrogens with zero attached hydrogens (tertiary/aromatic N) is 2. The minimum atomic E-state index is -0.230. The van der Waals surface area contributed by atoms with Gasteiger partial charge >= 0.3 is 0 Å². The number of rotatable bonds is 2. The molecule has 3 rings (SSSR count). The number of anilines is 1. The Kier molecular flexibility index (Phi) is 2.40. The zero-order valence-electron chi connectivity index (χ0n) is 9.71. The first-order valence-corrected chi connectivity index (χ1v) is 5.43. The number of carbonyl (C=O) groups is 1. The Labute approximate surface area is 103 Å². The summed E-state index contributed by atoms with van der Waals surface area (Å²) in [4.78, 5) is 12.0. The standard InChI is InChI=1S/C12H11N3O3/c1-15-5-4-11(14-15)13-12(16)8-2-3-9-10(6-8)18-7-17-9/h2-6H,7H2,1H3,(H,13,14,16). The van der Waals surface area contributed by atoms with Crippen molar-refractivity contribution in [2.24, 2.45) is 7.05 Å². The second-order valence-electron chi connectivity index (χ2n) is 3.90. The van der Waals surface area contributed by atoms with Gasteiger partial charge in [-0.05, 0) is 18.2 Å². The number of amides is 1. The van der Waals surface area contributed by atoms with Crippen molar-refractivity contribution >= 4 is 11.7 Å². The summed E-state index contributed by atoms with van der Waals surface area (Å²) in [6.45, 7) is 0.195. The Bertz CT molecular complexity index is 606. The molecule has 1 N–H and O–H groups in total. The Balaban J connectivity index is 1.80. The largest absolute Gasteiger partial charge is 0.454 e. The minimum Gasteiger partial charge on any atom is -0.454 e. The lowest BCUT2D eigenvalue weighted by Gasteiger charge is -2.03. The molecule has 2 heterocycles. The lowest BCUT2D eigenvalue weighted by molar-refractivity contribution is 0.102. The second-order valence-corrected chi connectivity index (χ2v) is 3.90. The van der Waals surface area contributed by atoms with Crippen LogP contribution >= 0.6 is 0 Å². The van der Waals surface area contributed by atoms with Crippen LogP contribution in [0.3, 0.4) is 0 Å². The van der Waals surface area contributed by atoms with E-state index < -0.39 is 0 Å². The maximum atomic E-state index is 12.0. The Hall–Kier alpha value is -2.50. The summed E-state index contributed by atoms with van der Waals surface area (Å²) in [5.74, 6) is 1.53. The van der Waals surface area contributed by atoms with Gasteiger partial charge in [0.05, 0.1) is 0 Å². The van der Waals surface area contributed by atoms with Gasteiger partial charge in [-0.25, -0.2) is 0 Å². The second kappa shape index (κ2) is 4.06. The molecule has 0 saturated carbocycles. The van der Waals surface area contributed by atoms with E-state index in [0.29, 0.717) is 22.9 Å². The van der Waals surface area contributed by atoms with Gasteiger partial charge in [-0.2, -0.15) is 5.10 Å². The molecule has 6 nitrogen and oxygen atoms in total. The van der Waals surface area contributed by atoms with Crippen LogP contribution in [-0.2, 0) is 7.05 Å². The first-order chi connectivity index (χ1) is 8.72. The van der Waals surface area contributed by atoms with E-state index in [9.17, 15) is 4.79 Å². The SMILES string of the molecule is Cn1ccc(NC(=O)c2ccc3c(c2)OCO3)n1. The van der Waals surface area contributed by atoms with Crippen LogP contribution < -0.4 is 14.8 Å². The lowest BCUT2D eigenvalue weighted by Crippen LogP contribution is -2.12. The zero-order chi connectivity index (χ0) is 12.5. The maximum absolute atomic E-state index is 12.0. The quantitative estimate of drug-likeness (QED) is 0.868. The summed E-state index contributed by atoms with van der Waals surface area (Å²) in [7, 11) is 1.79. The van der Waals surface area contributed by atoms with E-state index in [1.54, 1.807) is 42.2 Å². The van der Waals surface area contributed by atoms with Crippen molar-refractivity contribution in [1.29, 1.82) is 0 Å². The molecule has 1 aromatic heterocycles. The molecule has 2 aromatic rings. The van der Waals surface area contributed by atoms with Gasteiger partial charge in [-0.1, -0.05) is 0 Å². The highest BCUT2D eigenvalue weighted by Crippen LogP contribution is 2.32. The number of nitrogens with one attached hydrogen (secondary N) is 1. The van der Waals surface area contributed by atoms with Crippen LogP contribution in [0.5, 0.6) is 11.5 Å². The number of benzene rings is 1. The third kappa shape index (κ3) is 1.88. The lowest BCUT2D eigenvalue weighted by atomic mass is 10.2. The third-order valence-electron chi connectivity index (χ3n) is 2.59. The Morgan fingerprint density at radius 2 is 2.17 bits per heavy atom. The molecule has 0 unspecified atom stereocenters. The fourth-order valence-corrected chi connectivity index (χ4v) is 1.71. The van der Waals surface area contributed by atoms with Gasteiger partial charge in [0.25, 0.3) is 5.91 Å². The molecule has 0 fully saturated rings. The summed E-state index contributed by atoms with van der Waals surface area (Å²) in [5.41, 5.74) is 0.505. The molecule has 18 heavy (non-hydrogen) atoms. The molecule has 92 valence electrons.